The Morgan fingerprint density at radius 3 is 1.77 bits per heavy atom. The van der Waals surface area contributed by atoms with Gasteiger partial charge in [0.25, 0.3) is 0 Å². The standard InChI is InChI=1S/C30H26N3O2.3CH3.Sn/c1-4-10-23(11-5-1)30(24-12-6-2-7-13-24,25-14-8-3-9-15-25)33-28-16-19-31-29(27(28)22-32-33)35-26-17-20-34-21-18-26;;;;/h1-16,19,26H,17-18,20-21H2;3*1H3;. The van der Waals surface area contributed by atoms with Gasteiger partial charge in [0.1, 0.15) is 0 Å². The number of aromatic nitrogens is 3. The first-order valence-electron chi connectivity index (χ1n) is 13.8. The predicted molar refractivity (Wildman–Crippen MR) is 160 cm³/mol. The van der Waals surface area contributed by atoms with E-state index in [9.17, 15) is 0 Å². The molecule has 0 radical (unpaired) electrons. The third-order valence-electron chi connectivity index (χ3n) is 7.61. The molecule has 6 rings (SSSR count). The minimum absolute atomic E-state index is 0.102. The first kappa shape index (κ1) is 26.1. The molecule has 198 valence electrons. The maximum absolute atomic E-state index is 6.64. The Balaban J connectivity index is 1.71. The van der Waals surface area contributed by atoms with E-state index in [-0.39, 0.29) is 6.10 Å². The van der Waals surface area contributed by atoms with Crippen LogP contribution in [-0.2, 0) is 10.3 Å². The molecule has 0 saturated carbocycles. The van der Waals surface area contributed by atoms with Crippen molar-refractivity contribution in [3.8, 4) is 5.88 Å². The Hall–Kier alpha value is -3.16. The summed E-state index contributed by atoms with van der Waals surface area (Å²) in [7, 11) is 0. The zero-order valence-electron chi connectivity index (χ0n) is 22.9. The third-order valence-corrected chi connectivity index (χ3v) is 12.7. The average molecular weight is 624 g/mol. The normalized spacial score (nSPS) is 14.9. The maximum atomic E-state index is 6.64. The molecule has 0 spiro atoms. The van der Waals surface area contributed by atoms with Gasteiger partial charge in [-0.3, -0.25) is 0 Å². The second kappa shape index (κ2) is 10.8. The van der Waals surface area contributed by atoms with Gasteiger partial charge in [-0.25, -0.2) is 0 Å². The molecular formula is C33H35N3O2Sn. The molecule has 2 aromatic heterocycles. The zero-order chi connectivity index (χ0) is 26.9. The number of ether oxygens (including phenoxy) is 2. The van der Waals surface area contributed by atoms with Crippen LogP contribution in [0.25, 0.3) is 10.9 Å². The van der Waals surface area contributed by atoms with Crippen molar-refractivity contribution in [3.05, 3.63) is 120 Å². The number of fused-ring (bicyclic) bond motifs is 1. The van der Waals surface area contributed by atoms with Gasteiger partial charge < -0.3 is 0 Å². The van der Waals surface area contributed by atoms with Gasteiger partial charge in [0.15, 0.2) is 0 Å². The van der Waals surface area contributed by atoms with Gasteiger partial charge in [-0.1, -0.05) is 0 Å². The number of hydrogen-bond donors (Lipinski definition) is 0. The molecule has 1 fully saturated rings. The first-order chi connectivity index (χ1) is 19.0. The second-order valence-electron chi connectivity index (χ2n) is 11.3. The fraction of sp³-hybridized carbons (Fsp3) is 0.273. The molecule has 1 saturated heterocycles. The third kappa shape index (κ3) is 4.76. The van der Waals surface area contributed by atoms with Crippen molar-refractivity contribution < 1.29 is 9.47 Å². The molecule has 1 aliphatic rings. The van der Waals surface area contributed by atoms with Crippen LogP contribution < -0.4 is 8.45 Å². The van der Waals surface area contributed by atoms with Gasteiger partial charge in [-0.15, -0.1) is 0 Å². The Labute approximate surface area is 234 Å². The first-order valence-corrected chi connectivity index (χ1v) is 23.8. The van der Waals surface area contributed by atoms with E-state index < -0.39 is 23.9 Å². The van der Waals surface area contributed by atoms with Crippen LogP contribution in [0.3, 0.4) is 0 Å². The van der Waals surface area contributed by atoms with E-state index in [2.05, 4.69) is 117 Å². The Kier molecular flexibility index (Phi) is 7.21. The molecule has 3 aromatic carbocycles. The van der Waals surface area contributed by atoms with Crippen LogP contribution >= 0.6 is 0 Å². The topological polar surface area (TPSA) is 49.2 Å². The van der Waals surface area contributed by atoms with Gasteiger partial charge in [0, 0.05) is 0 Å². The van der Waals surface area contributed by atoms with Crippen LogP contribution in [0.15, 0.2) is 103 Å². The van der Waals surface area contributed by atoms with Crippen molar-refractivity contribution in [1.29, 1.82) is 0 Å². The molecule has 0 bridgehead atoms. The van der Waals surface area contributed by atoms with Gasteiger partial charge in [0.05, 0.1) is 0 Å². The molecule has 39 heavy (non-hydrogen) atoms. The van der Waals surface area contributed by atoms with Gasteiger partial charge in [-0.05, 0) is 0 Å². The quantitative estimate of drug-likeness (QED) is 0.156. The van der Waals surface area contributed by atoms with Gasteiger partial charge in [-0.2, -0.15) is 0 Å². The summed E-state index contributed by atoms with van der Waals surface area (Å²) in [6.45, 7) is 1.45. The van der Waals surface area contributed by atoms with E-state index in [0.717, 1.165) is 53.6 Å². The number of nitrogens with zero attached hydrogens (tertiary/aromatic N) is 3. The van der Waals surface area contributed by atoms with E-state index in [1.54, 1.807) is 0 Å². The van der Waals surface area contributed by atoms with Crippen LogP contribution in [0.2, 0.25) is 14.8 Å². The van der Waals surface area contributed by atoms with Crippen molar-refractivity contribution in [2.45, 2.75) is 39.3 Å². The van der Waals surface area contributed by atoms with Crippen LogP contribution in [-0.4, -0.2) is 52.5 Å². The van der Waals surface area contributed by atoms with Crippen molar-refractivity contribution in [3.63, 3.8) is 0 Å². The van der Waals surface area contributed by atoms with E-state index >= 15 is 0 Å². The van der Waals surface area contributed by atoms with Gasteiger partial charge >= 0.3 is 236 Å². The molecule has 0 atom stereocenters. The zero-order valence-corrected chi connectivity index (χ0v) is 25.7. The van der Waals surface area contributed by atoms with Crippen molar-refractivity contribution in [2.24, 2.45) is 0 Å². The van der Waals surface area contributed by atoms with E-state index in [1.165, 1.54) is 3.71 Å². The number of rotatable bonds is 7. The summed E-state index contributed by atoms with van der Waals surface area (Å²) in [5.74, 6) is 0.704. The van der Waals surface area contributed by atoms with E-state index in [0.29, 0.717) is 5.88 Å². The monoisotopic (exact) mass is 625 g/mol. The minimum atomic E-state index is -2.80. The Morgan fingerprint density at radius 1 is 0.769 bits per heavy atom. The fourth-order valence-corrected chi connectivity index (χ4v) is 9.72. The second-order valence-corrected chi connectivity index (χ2v) is 25.5. The summed E-state index contributed by atoms with van der Waals surface area (Å²) < 4.78 is 15.7. The fourth-order valence-electron chi connectivity index (χ4n) is 5.76. The Morgan fingerprint density at radius 2 is 1.28 bits per heavy atom. The van der Waals surface area contributed by atoms with Crippen molar-refractivity contribution in [1.82, 2.24) is 14.8 Å². The van der Waals surface area contributed by atoms with E-state index in [4.69, 9.17) is 19.6 Å². The summed E-state index contributed by atoms with van der Waals surface area (Å²) in [5, 5.41) is 6.65. The molecule has 1 aliphatic heterocycles. The van der Waals surface area contributed by atoms with Gasteiger partial charge in [0.2, 0.25) is 0 Å². The summed E-state index contributed by atoms with van der Waals surface area (Å²) in [4.78, 5) is 12.1. The predicted octanol–water partition coefficient (Wildman–Crippen LogP) is 6.37. The van der Waals surface area contributed by atoms with Crippen LogP contribution in [0.5, 0.6) is 5.88 Å². The molecule has 0 amide bonds. The molecule has 3 heterocycles. The SMILES string of the molecule is [CH3][Sn]([CH3])([CH3])[c]1nn(C(c2ccccc2)(c2ccccc2)c2ccccc2)c2ccnc(OC3CCOCC3)c12. The van der Waals surface area contributed by atoms with Crippen molar-refractivity contribution >= 4 is 33.0 Å². The molecule has 6 heteroatoms. The molecule has 0 N–H and O–H groups in total. The van der Waals surface area contributed by atoms with Crippen LogP contribution in [0, 0.1) is 0 Å². The molecular weight excluding hydrogens is 589 g/mol. The molecule has 0 aliphatic carbocycles. The average Bonchev–Trinajstić information content (AvgIpc) is 3.38. The van der Waals surface area contributed by atoms with Crippen molar-refractivity contribution in [2.75, 3.05) is 13.2 Å². The molecule has 5 aromatic rings. The molecule has 0 unspecified atom stereocenters. The van der Waals surface area contributed by atoms with Crippen LogP contribution in [0.1, 0.15) is 29.5 Å². The number of benzene rings is 3. The number of pyridine rings is 1. The summed E-state index contributed by atoms with van der Waals surface area (Å²) in [6, 6.07) is 34.3. The summed E-state index contributed by atoms with van der Waals surface area (Å²) in [6.07, 6.45) is 3.73. The van der Waals surface area contributed by atoms with Crippen LogP contribution in [0.4, 0.5) is 0 Å². The molecule has 5 nitrogen and oxygen atoms in total. The number of hydrogen-bond acceptors (Lipinski definition) is 4. The summed E-state index contributed by atoms with van der Waals surface area (Å²) in [5.41, 5.74) is 3.84. The van der Waals surface area contributed by atoms with E-state index in [1.807, 2.05) is 6.20 Å². The summed E-state index contributed by atoms with van der Waals surface area (Å²) >= 11 is -2.80. The Bertz CT molecular complexity index is 1440.